The molecule has 0 aliphatic rings. The molecule has 2 aromatic heterocycles. The molecular formula is C27H30N4O2S. The van der Waals surface area contributed by atoms with Crippen molar-refractivity contribution in [3.63, 3.8) is 0 Å². The van der Waals surface area contributed by atoms with E-state index >= 15 is 0 Å². The minimum atomic E-state index is -0.307. The van der Waals surface area contributed by atoms with E-state index in [0.717, 1.165) is 46.9 Å². The van der Waals surface area contributed by atoms with Crippen molar-refractivity contribution in [3.8, 4) is 11.1 Å². The first-order chi connectivity index (χ1) is 16.5. The predicted octanol–water partition coefficient (Wildman–Crippen LogP) is 6.22. The summed E-state index contributed by atoms with van der Waals surface area (Å²) in [5.74, 6) is 0.439. The number of nitrogens with zero attached hydrogens (tertiary/aromatic N) is 3. The van der Waals surface area contributed by atoms with Gasteiger partial charge >= 0.3 is 5.97 Å². The number of benzene rings is 2. The van der Waals surface area contributed by atoms with Gasteiger partial charge < -0.3 is 15.0 Å². The van der Waals surface area contributed by atoms with Gasteiger partial charge in [0.1, 0.15) is 23.6 Å². The minimum Gasteiger partial charge on any atom is -0.461 e. The third-order valence-electron chi connectivity index (χ3n) is 5.96. The number of esters is 1. The summed E-state index contributed by atoms with van der Waals surface area (Å²) in [6.07, 6.45) is 1.58. The van der Waals surface area contributed by atoms with E-state index in [4.69, 9.17) is 4.74 Å². The van der Waals surface area contributed by atoms with Crippen molar-refractivity contribution in [2.45, 2.75) is 27.7 Å². The molecule has 176 valence electrons. The number of thiophene rings is 1. The van der Waals surface area contributed by atoms with Gasteiger partial charge in [0.15, 0.2) is 0 Å². The first-order valence-corrected chi connectivity index (χ1v) is 12.4. The van der Waals surface area contributed by atoms with E-state index in [9.17, 15) is 4.79 Å². The Kier molecular flexibility index (Phi) is 7.55. The number of likely N-dealkylation sites (N-methyl/N-ethyl adjacent to an activating group) is 1. The predicted molar refractivity (Wildman–Crippen MR) is 140 cm³/mol. The van der Waals surface area contributed by atoms with Gasteiger partial charge in [-0.15, -0.1) is 11.3 Å². The van der Waals surface area contributed by atoms with Crippen LogP contribution in [-0.2, 0) is 4.74 Å². The molecular weight excluding hydrogens is 444 g/mol. The number of aromatic nitrogens is 2. The van der Waals surface area contributed by atoms with Crippen LogP contribution >= 0.6 is 11.3 Å². The Morgan fingerprint density at radius 2 is 1.79 bits per heavy atom. The van der Waals surface area contributed by atoms with Gasteiger partial charge in [-0.3, -0.25) is 0 Å². The lowest BCUT2D eigenvalue weighted by molar-refractivity contribution is 0.0466. The number of fused-ring (bicyclic) bond motifs is 1. The van der Waals surface area contributed by atoms with E-state index in [0.29, 0.717) is 12.2 Å². The van der Waals surface area contributed by atoms with Crippen molar-refractivity contribution in [2.24, 2.45) is 0 Å². The number of ether oxygens (including phenoxy) is 1. The van der Waals surface area contributed by atoms with Crippen molar-refractivity contribution >= 4 is 39.0 Å². The highest BCUT2D eigenvalue weighted by Crippen LogP contribution is 2.38. The van der Waals surface area contributed by atoms with Crippen LogP contribution in [0.1, 0.15) is 35.3 Å². The van der Waals surface area contributed by atoms with Crippen LogP contribution in [0.2, 0.25) is 0 Å². The molecule has 0 atom stereocenters. The summed E-state index contributed by atoms with van der Waals surface area (Å²) >= 11 is 1.61. The standard InChI is InChI=1S/C27H30N4O2S/c1-5-31(6-2)13-14-33-27(32)20-8-10-21(11-9-20)30-25-24-23(16-34-26(24)29-17-28-25)22-12-7-18(3)15-19(22)4/h7-12,15-17H,5-6,13-14H2,1-4H3,(H,28,29,30). The molecule has 6 nitrogen and oxygen atoms in total. The van der Waals surface area contributed by atoms with Crippen molar-refractivity contribution < 1.29 is 9.53 Å². The van der Waals surface area contributed by atoms with E-state index in [2.05, 4.69) is 71.5 Å². The maximum atomic E-state index is 12.4. The number of hydrogen-bond acceptors (Lipinski definition) is 7. The van der Waals surface area contributed by atoms with Crippen molar-refractivity contribution in [3.05, 3.63) is 70.9 Å². The Morgan fingerprint density at radius 3 is 2.50 bits per heavy atom. The molecule has 7 heteroatoms. The molecule has 0 fully saturated rings. The highest BCUT2D eigenvalue weighted by Gasteiger charge is 2.15. The Balaban J connectivity index is 1.52. The number of aryl methyl sites for hydroxylation is 2. The van der Waals surface area contributed by atoms with Crippen LogP contribution < -0.4 is 5.32 Å². The molecule has 0 unspecified atom stereocenters. The van der Waals surface area contributed by atoms with Gasteiger partial charge in [-0.25, -0.2) is 14.8 Å². The van der Waals surface area contributed by atoms with Crippen molar-refractivity contribution in [2.75, 3.05) is 31.6 Å². The minimum absolute atomic E-state index is 0.307. The Morgan fingerprint density at radius 1 is 1.03 bits per heavy atom. The van der Waals surface area contributed by atoms with Gasteiger partial charge in [-0.05, 0) is 62.3 Å². The Labute approximate surface area is 204 Å². The molecule has 0 aliphatic heterocycles. The molecule has 2 heterocycles. The molecule has 4 rings (SSSR count). The van der Waals surface area contributed by atoms with Gasteiger partial charge in [-0.2, -0.15) is 0 Å². The molecule has 0 saturated carbocycles. The van der Waals surface area contributed by atoms with Gasteiger partial charge in [0.05, 0.1) is 10.9 Å². The maximum absolute atomic E-state index is 12.4. The van der Waals surface area contributed by atoms with Gasteiger partial charge in [0, 0.05) is 23.2 Å². The lowest BCUT2D eigenvalue weighted by Gasteiger charge is -2.17. The lowest BCUT2D eigenvalue weighted by atomic mass is 9.99. The molecule has 4 aromatic rings. The second-order valence-electron chi connectivity index (χ2n) is 8.24. The zero-order chi connectivity index (χ0) is 24.1. The second-order valence-corrected chi connectivity index (χ2v) is 9.09. The number of nitrogens with one attached hydrogen (secondary N) is 1. The largest absolute Gasteiger partial charge is 0.461 e. The highest BCUT2D eigenvalue weighted by molar-refractivity contribution is 7.17. The molecule has 1 N–H and O–H groups in total. The fourth-order valence-electron chi connectivity index (χ4n) is 4.00. The normalized spacial score (nSPS) is 11.2. The Hall–Kier alpha value is -3.29. The van der Waals surface area contributed by atoms with Gasteiger partial charge in [-0.1, -0.05) is 37.6 Å². The number of anilines is 2. The van der Waals surface area contributed by atoms with Crippen molar-refractivity contribution in [1.82, 2.24) is 14.9 Å². The fourth-order valence-corrected chi connectivity index (χ4v) is 4.91. The average molecular weight is 475 g/mol. The average Bonchev–Trinajstić information content (AvgIpc) is 3.27. The third-order valence-corrected chi connectivity index (χ3v) is 6.85. The molecule has 0 spiro atoms. The van der Waals surface area contributed by atoms with Gasteiger partial charge in [0.2, 0.25) is 0 Å². The second kappa shape index (κ2) is 10.8. The first kappa shape index (κ1) is 23.9. The number of hydrogen-bond donors (Lipinski definition) is 1. The van der Waals surface area contributed by atoms with Gasteiger partial charge in [0.25, 0.3) is 0 Å². The molecule has 0 saturated heterocycles. The maximum Gasteiger partial charge on any atom is 0.338 e. The summed E-state index contributed by atoms with van der Waals surface area (Å²) in [6, 6.07) is 13.8. The summed E-state index contributed by atoms with van der Waals surface area (Å²) in [5.41, 5.74) is 6.13. The fraction of sp³-hybridized carbons (Fsp3) is 0.296. The lowest BCUT2D eigenvalue weighted by Crippen LogP contribution is -2.27. The van der Waals surface area contributed by atoms with E-state index < -0.39 is 0 Å². The van der Waals surface area contributed by atoms with Crippen LogP contribution in [0.4, 0.5) is 11.5 Å². The molecule has 34 heavy (non-hydrogen) atoms. The monoisotopic (exact) mass is 474 g/mol. The molecule has 0 aliphatic carbocycles. The van der Waals surface area contributed by atoms with Crippen LogP contribution in [0.25, 0.3) is 21.3 Å². The molecule has 0 radical (unpaired) electrons. The quantitative estimate of drug-likeness (QED) is 0.291. The number of carbonyl (C=O) groups excluding carboxylic acids is 1. The van der Waals surface area contributed by atoms with E-state index in [1.807, 2.05) is 12.1 Å². The van der Waals surface area contributed by atoms with Crippen LogP contribution in [0.15, 0.2) is 54.2 Å². The van der Waals surface area contributed by atoms with Crippen LogP contribution in [-0.4, -0.2) is 47.1 Å². The van der Waals surface area contributed by atoms with Crippen molar-refractivity contribution in [1.29, 1.82) is 0 Å². The number of rotatable bonds is 9. The van der Waals surface area contributed by atoms with Crippen LogP contribution in [0, 0.1) is 13.8 Å². The topological polar surface area (TPSA) is 67.3 Å². The highest BCUT2D eigenvalue weighted by atomic mass is 32.1. The van der Waals surface area contributed by atoms with E-state index in [1.54, 1.807) is 29.8 Å². The molecule has 0 bridgehead atoms. The summed E-state index contributed by atoms with van der Waals surface area (Å²) in [7, 11) is 0. The van der Waals surface area contributed by atoms with E-state index in [-0.39, 0.29) is 5.97 Å². The smallest absolute Gasteiger partial charge is 0.338 e. The third kappa shape index (κ3) is 5.26. The molecule has 2 aromatic carbocycles. The zero-order valence-electron chi connectivity index (χ0n) is 20.1. The first-order valence-electron chi connectivity index (χ1n) is 11.6. The van der Waals surface area contributed by atoms with E-state index in [1.165, 1.54) is 16.7 Å². The summed E-state index contributed by atoms with van der Waals surface area (Å²) in [6.45, 7) is 11.4. The summed E-state index contributed by atoms with van der Waals surface area (Å²) < 4.78 is 5.43. The Bertz CT molecular complexity index is 1280. The molecule has 0 amide bonds. The van der Waals surface area contributed by atoms with Crippen LogP contribution in [0.3, 0.4) is 0 Å². The van der Waals surface area contributed by atoms with Crippen LogP contribution in [0.5, 0.6) is 0 Å². The number of carbonyl (C=O) groups is 1. The zero-order valence-corrected chi connectivity index (χ0v) is 20.9. The summed E-state index contributed by atoms with van der Waals surface area (Å²) in [5, 5.41) is 6.55. The SMILES string of the molecule is CCN(CC)CCOC(=O)c1ccc(Nc2ncnc3scc(-c4ccc(C)cc4C)c23)cc1. The summed E-state index contributed by atoms with van der Waals surface area (Å²) in [4.78, 5) is 24.5.